The Bertz CT molecular complexity index is 389. The molecule has 1 aromatic carbocycles. The van der Waals surface area contributed by atoms with E-state index in [0.29, 0.717) is 5.25 Å². The van der Waals surface area contributed by atoms with Crippen molar-refractivity contribution < 1.29 is 0 Å². The zero-order valence-corrected chi connectivity index (χ0v) is 11.9. The number of hydrogen-bond acceptors (Lipinski definition) is 2. The number of nitrogens with zero attached hydrogens (tertiary/aromatic N) is 1. The van der Waals surface area contributed by atoms with Gasteiger partial charge in [-0.1, -0.05) is 36.1 Å². The van der Waals surface area contributed by atoms with Crippen molar-refractivity contribution in [1.29, 1.82) is 0 Å². The molecule has 0 radical (unpaired) electrons. The number of halogens is 1. The van der Waals surface area contributed by atoms with E-state index in [0.717, 1.165) is 16.0 Å². The molecular weight excluding hydrogens is 258 g/mol. The molecule has 1 aliphatic rings. The highest BCUT2D eigenvalue weighted by Gasteiger charge is 2.20. The molecule has 0 bridgehead atoms. The Hall–Kier alpha value is 0.01000. The molecule has 88 valence electrons. The molecule has 0 aromatic heterocycles. The molecule has 1 fully saturated rings. The van der Waals surface area contributed by atoms with Gasteiger partial charge in [0.05, 0.1) is 10.8 Å². The summed E-state index contributed by atoms with van der Waals surface area (Å²) in [7, 11) is 0.177. The summed E-state index contributed by atoms with van der Waals surface area (Å²) < 4.78 is 4.82. The van der Waals surface area contributed by atoms with Gasteiger partial charge in [-0.3, -0.25) is 0 Å². The van der Waals surface area contributed by atoms with Crippen LogP contribution in [0.1, 0.15) is 20.3 Å². The van der Waals surface area contributed by atoms with E-state index in [9.17, 15) is 0 Å². The molecular formula is C12H16ClNS2. The number of rotatable bonds is 1. The molecule has 0 saturated carbocycles. The second kappa shape index (κ2) is 5.56. The minimum absolute atomic E-state index is 0.177. The Morgan fingerprint density at radius 3 is 2.62 bits per heavy atom. The van der Waals surface area contributed by atoms with Crippen molar-refractivity contribution in [3.05, 3.63) is 29.3 Å². The third kappa shape index (κ3) is 3.25. The van der Waals surface area contributed by atoms with Gasteiger partial charge in [-0.05, 0) is 30.7 Å². The maximum atomic E-state index is 5.86. The van der Waals surface area contributed by atoms with Crippen LogP contribution < -0.4 is 0 Å². The van der Waals surface area contributed by atoms with E-state index in [1.54, 1.807) is 0 Å². The van der Waals surface area contributed by atoms with Gasteiger partial charge in [-0.15, -0.1) is 11.8 Å². The minimum Gasteiger partial charge on any atom is -0.227 e. The van der Waals surface area contributed by atoms with Crippen LogP contribution in [0.2, 0.25) is 5.02 Å². The maximum absolute atomic E-state index is 5.86. The first-order valence-electron chi connectivity index (χ1n) is 5.44. The number of benzene rings is 1. The van der Waals surface area contributed by atoms with E-state index in [1.807, 2.05) is 36.0 Å². The molecule has 0 spiro atoms. The maximum Gasteiger partial charge on any atom is 0.0704 e. The summed E-state index contributed by atoms with van der Waals surface area (Å²) in [6.45, 7) is 4.63. The standard InChI is InChI=1S/C12H16ClNS2/c1-9-7-10(2)16(8-15-9)14-12-5-3-11(13)4-6-12/h3-6,9-10H,7-8H2,1-2H3. The number of thioether (sulfide) groups is 1. The lowest BCUT2D eigenvalue weighted by molar-refractivity contribution is 0.794. The van der Waals surface area contributed by atoms with Gasteiger partial charge in [0.15, 0.2) is 0 Å². The average Bonchev–Trinajstić information content (AvgIpc) is 2.25. The SMILES string of the molecule is CC1CC(C)S(=Nc2ccc(Cl)cc2)CS1. The highest BCUT2D eigenvalue weighted by atomic mass is 35.5. The highest BCUT2D eigenvalue weighted by Crippen LogP contribution is 2.29. The van der Waals surface area contributed by atoms with Gasteiger partial charge in [-0.25, -0.2) is 4.36 Å². The Labute approximate surface area is 109 Å². The summed E-state index contributed by atoms with van der Waals surface area (Å²) >= 11 is 7.90. The van der Waals surface area contributed by atoms with Crippen molar-refractivity contribution >= 4 is 39.7 Å². The molecule has 1 saturated heterocycles. The lowest BCUT2D eigenvalue weighted by Crippen LogP contribution is -2.23. The molecule has 0 aliphatic carbocycles. The lowest BCUT2D eigenvalue weighted by Gasteiger charge is -2.26. The summed E-state index contributed by atoms with van der Waals surface area (Å²) in [5.41, 5.74) is 1.06. The fourth-order valence-electron chi connectivity index (χ4n) is 1.70. The van der Waals surface area contributed by atoms with Crippen LogP contribution in [-0.4, -0.2) is 15.6 Å². The fraction of sp³-hybridized carbons (Fsp3) is 0.500. The summed E-state index contributed by atoms with van der Waals surface area (Å²) in [5.74, 6) is 0. The van der Waals surface area contributed by atoms with Crippen molar-refractivity contribution in [3.8, 4) is 0 Å². The molecule has 1 heterocycles. The van der Waals surface area contributed by atoms with Crippen molar-refractivity contribution in [3.63, 3.8) is 0 Å². The molecule has 0 amide bonds. The Kier molecular flexibility index (Phi) is 4.34. The first-order chi connectivity index (χ1) is 7.65. The molecule has 3 atom stereocenters. The van der Waals surface area contributed by atoms with Gasteiger partial charge in [0.2, 0.25) is 0 Å². The lowest BCUT2D eigenvalue weighted by atomic mass is 10.3. The van der Waals surface area contributed by atoms with Gasteiger partial charge in [0, 0.05) is 15.5 Å². The van der Waals surface area contributed by atoms with Crippen molar-refractivity contribution in [2.75, 3.05) is 5.08 Å². The Balaban J connectivity index is 2.14. The molecule has 0 N–H and O–H groups in total. The molecule has 2 rings (SSSR count). The van der Waals surface area contributed by atoms with Gasteiger partial charge >= 0.3 is 0 Å². The van der Waals surface area contributed by atoms with E-state index in [-0.39, 0.29) is 10.7 Å². The van der Waals surface area contributed by atoms with Crippen LogP contribution in [0.25, 0.3) is 0 Å². The topological polar surface area (TPSA) is 12.4 Å². The van der Waals surface area contributed by atoms with Crippen LogP contribution in [0.4, 0.5) is 5.69 Å². The molecule has 4 heteroatoms. The third-order valence-electron chi connectivity index (χ3n) is 2.65. The second-order valence-corrected chi connectivity index (χ2v) is 8.42. The Morgan fingerprint density at radius 1 is 1.31 bits per heavy atom. The molecule has 1 aromatic rings. The van der Waals surface area contributed by atoms with Crippen molar-refractivity contribution in [2.24, 2.45) is 4.36 Å². The van der Waals surface area contributed by atoms with Crippen LogP contribution in [0, 0.1) is 0 Å². The largest absolute Gasteiger partial charge is 0.227 e. The summed E-state index contributed by atoms with van der Waals surface area (Å²) in [5, 5.41) is 3.46. The van der Waals surface area contributed by atoms with Crippen LogP contribution in [0.5, 0.6) is 0 Å². The van der Waals surface area contributed by atoms with E-state index < -0.39 is 0 Å². The predicted octanol–water partition coefficient (Wildman–Crippen LogP) is 4.64. The van der Waals surface area contributed by atoms with Crippen LogP contribution in [-0.2, 0) is 10.7 Å². The first kappa shape index (κ1) is 12.5. The van der Waals surface area contributed by atoms with Crippen molar-refractivity contribution in [1.82, 2.24) is 0 Å². The quantitative estimate of drug-likeness (QED) is 0.726. The minimum atomic E-state index is 0.177. The summed E-state index contributed by atoms with van der Waals surface area (Å²) in [6.07, 6.45) is 1.28. The first-order valence-corrected chi connectivity index (χ1v) is 8.28. The predicted molar refractivity (Wildman–Crippen MR) is 76.9 cm³/mol. The van der Waals surface area contributed by atoms with Gasteiger partial charge < -0.3 is 0 Å². The fourth-order valence-corrected chi connectivity index (χ4v) is 6.09. The zero-order valence-electron chi connectivity index (χ0n) is 9.52. The molecule has 16 heavy (non-hydrogen) atoms. The highest BCUT2D eigenvalue weighted by molar-refractivity contribution is 8.12. The van der Waals surface area contributed by atoms with E-state index in [1.165, 1.54) is 11.5 Å². The van der Waals surface area contributed by atoms with E-state index >= 15 is 0 Å². The van der Waals surface area contributed by atoms with Crippen LogP contribution in [0.3, 0.4) is 0 Å². The van der Waals surface area contributed by atoms with Gasteiger partial charge in [0.25, 0.3) is 0 Å². The zero-order chi connectivity index (χ0) is 11.5. The normalized spacial score (nSPS) is 30.6. The van der Waals surface area contributed by atoms with E-state index in [4.69, 9.17) is 16.0 Å². The third-order valence-corrected chi connectivity index (χ3v) is 6.74. The number of hydrogen-bond donors (Lipinski definition) is 0. The smallest absolute Gasteiger partial charge is 0.0704 e. The monoisotopic (exact) mass is 273 g/mol. The van der Waals surface area contributed by atoms with E-state index in [2.05, 4.69) is 13.8 Å². The average molecular weight is 274 g/mol. The van der Waals surface area contributed by atoms with Crippen LogP contribution >= 0.6 is 23.4 Å². The molecule has 3 unspecified atom stereocenters. The Morgan fingerprint density at radius 2 is 2.00 bits per heavy atom. The van der Waals surface area contributed by atoms with Crippen molar-refractivity contribution in [2.45, 2.75) is 30.8 Å². The summed E-state index contributed by atoms with van der Waals surface area (Å²) in [6, 6.07) is 7.83. The summed E-state index contributed by atoms with van der Waals surface area (Å²) in [4.78, 5) is 0. The van der Waals surface area contributed by atoms with Gasteiger partial charge in [0.1, 0.15) is 0 Å². The van der Waals surface area contributed by atoms with Crippen LogP contribution in [0.15, 0.2) is 28.6 Å². The van der Waals surface area contributed by atoms with Gasteiger partial charge in [-0.2, -0.15) is 0 Å². The second-order valence-electron chi connectivity index (χ2n) is 4.11. The molecule has 1 nitrogen and oxygen atoms in total. The molecule has 1 aliphatic heterocycles.